The number of nitrogens with two attached hydrogens (primary N) is 1. The Labute approximate surface area is 130 Å². The van der Waals surface area contributed by atoms with Gasteiger partial charge in [-0.25, -0.2) is 13.6 Å². The van der Waals surface area contributed by atoms with Crippen LogP contribution in [0.4, 0.5) is 0 Å². The van der Waals surface area contributed by atoms with E-state index in [-0.39, 0.29) is 0 Å². The van der Waals surface area contributed by atoms with E-state index in [2.05, 4.69) is 0 Å². The van der Waals surface area contributed by atoms with Gasteiger partial charge >= 0.3 is 0 Å². The molecule has 0 saturated carbocycles. The van der Waals surface area contributed by atoms with Gasteiger partial charge in [0.2, 0.25) is 10.0 Å². The summed E-state index contributed by atoms with van der Waals surface area (Å²) in [5, 5.41) is 17.3. The third-order valence-corrected chi connectivity index (χ3v) is 5.62. The number of benzene rings is 2. The second kappa shape index (κ2) is 5.96. The van der Waals surface area contributed by atoms with Gasteiger partial charge in [-0.2, -0.15) is 0 Å². The van der Waals surface area contributed by atoms with Crippen molar-refractivity contribution in [2.75, 3.05) is 19.6 Å². The van der Waals surface area contributed by atoms with Gasteiger partial charge in [-0.3, -0.25) is 4.90 Å². The maximum atomic E-state index is 11.4. The molecule has 118 valence electrons. The van der Waals surface area contributed by atoms with Crippen molar-refractivity contribution >= 4 is 20.8 Å². The highest BCUT2D eigenvalue weighted by Gasteiger charge is 2.31. The lowest BCUT2D eigenvalue weighted by Crippen LogP contribution is -2.33. The molecule has 1 aliphatic rings. The van der Waals surface area contributed by atoms with E-state index in [1.54, 1.807) is 0 Å². The molecule has 0 spiro atoms. The molecule has 3 rings (SSSR count). The highest BCUT2D eigenvalue weighted by Crippen LogP contribution is 2.26. The molecule has 0 radical (unpaired) electrons. The smallest absolute Gasteiger partial charge is 0.213 e. The molecule has 0 aliphatic carbocycles. The Balaban J connectivity index is 1.76. The van der Waals surface area contributed by atoms with Gasteiger partial charge in [0.05, 0.1) is 11.4 Å². The molecular weight excluding hydrogens is 300 g/mol. The lowest BCUT2D eigenvalue weighted by atomic mass is 10.0. The zero-order valence-electron chi connectivity index (χ0n) is 12.2. The number of aliphatic hydroxyl groups excluding tert-OH is 1. The molecule has 6 heteroatoms. The number of β-amino-alcohol motifs (C(OH)–C–C–N with tert-alkyl or cyclic N) is 1. The Hall–Kier alpha value is -1.47. The summed E-state index contributed by atoms with van der Waals surface area (Å²) in [6, 6.07) is 13.8. The number of rotatable bonds is 4. The van der Waals surface area contributed by atoms with Crippen molar-refractivity contribution in [1.82, 2.24) is 4.90 Å². The minimum Gasteiger partial charge on any atom is -0.387 e. The van der Waals surface area contributed by atoms with Gasteiger partial charge in [-0.05, 0) is 29.3 Å². The van der Waals surface area contributed by atoms with Crippen molar-refractivity contribution in [2.45, 2.75) is 17.8 Å². The van der Waals surface area contributed by atoms with Crippen molar-refractivity contribution in [2.24, 2.45) is 5.14 Å². The van der Waals surface area contributed by atoms with Crippen molar-refractivity contribution < 1.29 is 13.5 Å². The van der Waals surface area contributed by atoms with E-state index in [0.29, 0.717) is 26.1 Å². The van der Waals surface area contributed by atoms with Crippen molar-refractivity contribution in [3.63, 3.8) is 0 Å². The van der Waals surface area contributed by atoms with Gasteiger partial charge < -0.3 is 5.11 Å². The van der Waals surface area contributed by atoms with E-state index in [1.807, 2.05) is 47.4 Å². The zero-order chi connectivity index (χ0) is 15.7. The van der Waals surface area contributed by atoms with E-state index < -0.39 is 21.4 Å². The fraction of sp³-hybridized carbons (Fsp3) is 0.375. The normalized spacial score (nSPS) is 21.3. The van der Waals surface area contributed by atoms with Gasteiger partial charge in [0.15, 0.2) is 0 Å². The fourth-order valence-electron chi connectivity index (χ4n) is 3.12. The highest BCUT2D eigenvalue weighted by atomic mass is 32.2. The average Bonchev–Trinajstić information content (AvgIpc) is 2.95. The Kier molecular flexibility index (Phi) is 4.18. The Morgan fingerprint density at radius 1 is 1.23 bits per heavy atom. The third kappa shape index (κ3) is 3.15. The van der Waals surface area contributed by atoms with Crippen molar-refractivity contribution in [3.8, 4) is 0 Å². The lowest BCUT2D eigenvalue weighted by Gasteiger charge is -2.21. The minimum absolute atomic E-state index is 0.390. The van der Waals surface area contributed by atoms with Crippen LogP contribution in [0.1, 0.15) is 18.1 Å². The number of hydrogen-bond acceptors (Lipinski definition) is 4. The first-order valence-corrected chi connectivity index (χ1v) is 8.96. The zero-order valence-corrected chi connectivity index (χ0v) is 13.0. The topological polar surface area (TPSA) is 83.6 Å². The van der Waals surface area contributed by atoms with E-state index in [4.69, 9.17) is 5.14 Å². The molecule has 0 bridgehead atoms. The number of sulfonamides is 1. The van der Waals surface area contributed by atoms with Gasteiger partial charge in [0.1, 0.15) is 0 Å². The molecule has 1 heterocycles. The van der Waals surface area contributed by atoms with Crippen LogP contribution in [0.15, 0.2) is 42.5 Å². The number of likely N-dealkylation sites (tertiary alicyclic amines) is 1. The van der Waals surface area contributed by atoms with Crippen molar-refractivity contribution in [1.29, 1.82) is 0 Å². The molecule has 1 unspecified atom stereocenters. The van der Waals surface area contributed by atoms with Gasteiger partial charge in [-0.1, -0.05) is 42.5 Å². The number of fused-ring (bicyclic) bond motifs is 1. The molecule has 1 fully saturated rings. The first kappa shape index (κ1) is 15.4. The fourth-order valence-corrected chi connectivity index (χ4v) is 3.97. The molecular formula is C16H20N2O3S. The molecule has 1 saturated heterocycles. The van der Waals surface area contributed by atoms with Crippen LogP contribution in [0.3, 0.4) is 0 Å². The highest BCUT2D eigenvalue weighted by molar-refractivity contribution is 7.89. The van der Waals surface area contributed by atoms with Crippen molar-refractivity contribution in [3.05, 3.63) is 48.0 Å². The summed E-state index contributed by atoms with van der Waals surface area (Å²) in [5.74, 6) is 0. The first-order valence-electron chi connectivity index (χ1n) is 7.35. The summed E-state index contributed by atoms with van der Waals surface area (Å²) in [6.45, 7) is 1.45. The summed E-state index contributed by atoms with van der Waals surface area (Å²) < 4.78 is 22.8. The van der Waals surface area contributed by atoms with Crippen LogP contribution in [0.5, 0.6) is 0 Å². The Morgan fingerprint density at radius 2 is 1.95 bits per heavy atom. The Morgan fingerprint density at radius 3 is 2.68 bits per heavy atom. The van der Waals surface area contributed by atoms with Gasteiger partial charge in [0.25, 0.3) is 0 Å². The molecule has 2 atom stereocenters. The van der Waals surface area contributed by atoms with Crippen LogP contribution in [0.2, 0.25) is 0 Å². The molecule has 0 aromatic heterocycles. The molecule has 1 aliphatic heterocycles. The average molecular weight is 320 g/mol. The number of primary sulfonamides is 1. The largest absolute Gasteiger partial charge is 0.387 e. The maximum absolute atomic E-state index is 11.4. The van der Waals surface area contributed by atoms with Crippen LogP contribution in [-0.2, 0) is 10.0 Å². The van der Waals surface area contributed by atoms with E-state index in [0.717, 1.165) is 16.3 Å². The van der Waals surface area contributed by atoms with Gasteiger partial charge in [-0.15, -0.1) is 0 Å². The first-order chi connectivity index (χ1) is 10.4. The predicted molar refractivity (Wildman–Crippen MR) is 86.9 cm³/mol. The quantitative estimate of drug-likeness (QED) is 0.888. The van der Waals surface area contributed by atoms with E-state index >= 15 is 0 Å². The molecule has 22 heavy (non-hydrogen) atoms. The number of hydrogen-bond donors (Lipinski definition) is 2. The standard InChI is InChI=1S/C16H20N2O3S/c17-22(20,21)13-8-9-18(10-13)11-16(19)15-7-3-5-12-4-1-2-6-14(12)15/h1-7,13,16,19H,8-11H2,(H2,17,20,21)/t13?,16-/m0/s1. The summed E-state index contributed by atoms with van der Waals surface area (Å²) in [7, 11) is -3.49. The molecule has 5 nitrogen and oxygen atoms in total. The molecule has 2 aromatic carbocycles. The molecule has 0 amide bonds. The number of nitrogens with zero attached hydrogens (tertiary/aromatic N) is 1. The second-order valence-corrected chi connectivity index (χ2v) is 7.69. The summed E-state index contributed by atoms with van der Waals surface area (Å²) in [6.07, 6.45) is -0.119. The summed E-state index contributed by atoms with van der Waals surface area (Å²) >= 11 is 0. The number of aliphatic hydroxyl groups is 1. The lowest BCUT2D eigenvalue weighted by molar-refractivity contribution is 0.127. The second-order valence-electron chi connectivity index (χ2n) is 5.84. The van der Waals surface area contributed by atoms with Gasteiger partial charge in [0, 0.05) is 13.1 Å². The van der Waals surface area contributed by atoms with Crippen LogP contribution in [0, 0.1) is 0 Å². The third-order valence-electron chi connectivity index (χ3n) is 4.31. The molecule has 3 N–H and O–H groups in total. The van der Waals surface area contributed by atoms with Crippen LogP contribution >= 0.6 is 0 Å². The van der Waals surface area contributed by atoms with Crippen LogP contribution in [0.25, 0.3) is 10.8 Å². The summed E-state index contributed by atoms with van der Waals surface area (Å²) in [5.41, 5.74) is 0.872. The van der Waals surface area contributed by atoms with E-state index in [1.165, 1.54) is 0 Å². The SMILES string of the molecule is NS(=O)(=O)C1CCN(C[C@H](O)c2cccc3ccccc23)C1. The minimum atomic E-state index is -3.49. The van der Waals surface area contributed by atoms with Crippen LogP contribution < -0.4 is 5.14 Å². The predicted octanol–water partition coefficient (Wildman–Crippen LogP) is 1.24. The maximum Gasteiger partial charge on any atom is 0.213 e. The van der Waals surface area contributed by atoms with E-state index in [9.17, 15) is 13.5 Å². The van der Waals surface area contributed by atoms with Crippen LogP contribution in [-0.4, -0.2) is 43.3 Å². The monoisotopic (exact) mass is 320 g/mol. The summed E-state index contributed by atoms with van der Waals surface area (Å²) in [4.78, 5) is 1.96. The Bertz CT molecular complexity index is 771. The molecule has 2 aromatic rings.